The number of nitrogens with zero attached hydrogens (tertiary/aromatic N) is 1. The Kier molecular flexibility index (Phi) is 17.8. The molecule has 6 nitrogen and oxygen atoms in total. The Hall–Kier alpha value is -1.27. The minimum absolute atomic E-state index is 0.0503. The molecule has 2 saturated carbocycles. The van der Waals surface area contributed by atoms with Crippen LogP contribution in [0, 0.1) is 17.8 Å². The van der Waals surface area contributed by atoms with Gasteiger partial charge >= 0.3 is 6.03 Å². The summed E-state index contributed by atoms with van der Waals surface area (Å²) in [6, 6.07) is 0.428. The SMILES string of the molecule is C=CNON(CCC)CCCCC1CCC(CC2CCC(NC(=O)NCCCCCCCC)CC2)CC1. The summed E-state index contributed by atoms with van der Waals surface area (Å²) < 4.78 is 0. The van der Waals surface area contributed by atoms with Gasteiger partial charge in [-0.1, -0.05) is 91.1 Å². The van der Waals surface area contributed by atoms with Gasteiger partial charge in [0.2, 0.25) is 0 Å². The molecule has 0 aliphatic heterocycles. The number of unbranched alkanes of at least 4 members (excludes halogenated alkanes) is 6. The molecular weight excluding hydrogens is 460 g/mol. The van der Waals surface area contributed by atoms with Crippen molar-refractivity contribution in [1.82, 2.24) is 21.2 Å². The van der Waals surface area contributed by atoms with Crippen LogP contribution < -0.4 is 16.1 Å². The van der Waals surface area contributed by atoms with E-state index in [4.69, 9.17) is 4.94 Å². The van der Waals surface area contributed by atoms with Gasteiger partial charge < -0.3 is 10.6 Å². The third kappa shape index (κ3) is 15.0. The summed E-state index contributed by atoms with van der Waals surface area (Å²) in [4.78, 5) is 17.7. The molecule has 3 N–H and O–H groups in total. The number of carbonyl (C=O) groups excluding carboxylic acids is 1. The van der Waals surface area contributed by atoms with Crippen LogP contribution in [-0.2, 0) is 4.94 Å². The Morgan fingerprint density at radius 3 is 2.14 bits per heavy atom. The van der Waals surface area contributed by atoms with E-state index in [0.717, 1.165) is 63.1 Å². The molecule has 2 aliphatic rings. The van der Waals surface area contributed by atoms with Gasteiger partial charge in [-0.2, -0.15) is 10.0 Å². The standard InChI is InChI=1S/C31H60N4O2/c1-4-7-8-9-10-12-23-32-31(36)34-30-21-19-29(20-22-30)26-28-17-15-27(16-18-28)14-11-13-25-35(24-5-2)37-33-6-3/h6,27-30,33H,3-5,7-26H2,1-2H3,(H2,32,34,36). The zero-order valence-corrected chi connectivity index (χ0v) is 24.4. The Balaban J connectivity index is 1.47. The van der Waals surface area contributed by atoms with E-state index in [0.29, 0.717) is 6.04 Å². The van der Waals surface area contributed by atoms with Gasteiger partial charge in [-0.15, -0.1) is 0 Å². The first kappa shape index (κ1) is 31.9. The van der Waals surface area contributed by atoms with E-state index < -0.39 is 0 Å². The van der Waals surface area contributed by atoms with Crippen molar-refractivity contribution in [2.45, 2.75) is 142 Å². The Labute approximate surface area is 229 Å². The van der Waals surface area contributed by atoms with Crippen LogP contribution in [0.1, 0.15) is 136 Å². The number of hydroxylamine groups is 3. The maximum absolute atomic E-state index is 12.2. The van der Waals surface area contributed by atoms with E-state index in [9.17, 15) is 4.79 Å². The van der Waals surface area contributed by atoms with Crippen molar-refractivity contribution in [3.8, 4) is 0 Å². The van der Waals surface area contributed by atoms with Crippen molar-refractivity contribution in [3.63, 3.8) is 0 Å². The molecule has 2 amide bonds. The second-order valence-corrected chi connectivity index (χ2v) is 11.8. The number of nitrogens with one attached hydrogen (secondary N) is 3. The van der Waals surface area contributed by atoms with Crippen molar-refractivity contribution in [1.29, 1.82) is 0 Å². The van der Waals surface area contributed by atoms with E-state index in [1.165, 1.54) is 96.3 Å². The monoisotopic (exact) mass is 520 g/mol. The van der Waals surface area contributed by atoms with E-state index in [2.05, 4.69) is 36.5 Å². The zero-order valence-electron chi connectivity index (χ0n) is 24.4. The second kappa shape index (κ2) is 20.7. The van der Waals surface area contributed by atoms with Gasteiger partial charge in [-0.05, 0) is 69.1 Å². The maximum atomic E-state index is 12.2. The van der Waals surface area contributed by atoms with Gasteiger partial charge in [0.25, 0.3) is 0 Å². The van der Waals surface area contributed by atoms with E-state index in [1.54, 1.807) is 6.20 Å². The molecule has 0 radical (unpaired) electrons. The Morgan fingerprint density at radius 2 is 1.46 bits per heavy atom. The average molecular weight is 521 g/mol. The summed E-state index contributed by atoms with van der Waals surface area (Å²) in [5.74, 6) is 2.74. The summed E-state index contributed by atoms with van der Waals surface area (Å²) >= 11 is 0. The first-order valence-electron chi connectivity index (χ1n) is 16.0. The van der Waals surface area contributed by atoms with Crippen molar-refractivity contribution in [3.05, 3.63) is 12.8 Å². The average Bonchev–Trinajstić information content (AvgIpc) is 2.91. The molecular formula is C31H60N4O2. The highest BCUT2D eigenvalue weighted by atomic mass is 16.8. The molecule has 0 unspecified atom stereocenters. The largest absolute Gasteiger partial charge is 0.338 e. The van der Waals surface area contributed by atoms with Gasteiger partial charge in [0.05, 0.1) is 0 Å². The number of rotatable bonds is 20. The molecule has 0 atom stereocenters. The first-order chi connectivity index (χ1) is 18.1. The minimum Gasteiger partial charge on any atom is -0.338 e. The second-order valence-electron chi connectivity index (χ2n) is 11.8. The molecule has 2 rings (SSSR count). The van der Waals surface area contributed by atoms with Crippen LogP contribution in [0.4, 0.5) is 4.79 Å². The molecule has 0 aromatic carbocycles. The van der Waals surface area contributed by atoms with Crippen LogP contribution in [0.15, 0.2) is 12.8 Å². The number of urea groups is 1. The lowest BCUT2D eigenvalue weighted by Gasteiger charge is -2.34. The fourth-order valence-corrected chi connectivity index (χ4v) is 6.40. The van der Waals surface area contributed by atoms with E-state index in [-0.39, 0.29) is 6.03 Å². The third-order valence-corrected chi connectivity index (χ3v) is 8.64. The maximum Gasteiger partial charge on any atom is 0.315 e. The van der Waals surface area contributed by atoms with Crippen LogP contribution in [0.3, 0.4) is 0 Å². The molecule has 37 heavy (non-hydrogen) atoms. The molecule has 2 aliphatic carbocycles. The number of carbonyl (C=O) groups is 1. The molecule has 216 valence electrons. The summed E-state index contributed by atoms with van der Waals surface area (Å²) in [6.07, 6.45) is 26.2. The Bertz CT molecular complexity index is 572. The molecule has 6 heteroatoms. The van der Waals surface area contributed by atoms with Crippen molar-refractivity contribution in [2.24, 2.45) is 17.8 Å². The van der Waals surface area contributed by atoms with Gasteiger partial charge in [-0.3, -0.25) is 5.48 Å². The van der Waals surface area contributed by atoms with Crippen LogP contribution in [-0.4, -0.2) is 36.8 Å². The highest BCUT2D eigenvalue weighted by molar-refractivity contribution is 5.74. The fraction of sp³-hybridized carbons (Fsp3) is 0.903. The van der Waals surface area contributed by atoms with Crippen LogP contribution in [0.5, 0.6) is 0 Å². The van der Waals surface area contributed by atoms with Crippen LogP contribution >= 0.6 is 0 Å². The minimum atomic E-state index is 0.0503. The quantitative estimate of drug-likeness (QED) is 0.113. The van der Waals surface area contributed by atoms with Crippen molar-refractivity contribution in [2.75, 3.05) is 19.6 Å². The summed E-state index contributed by atoms with van der Waals surface area (Å²) in [5, 5.41) is 8.33. The van der Waals surface area contributed by atoms with Crippen molar-refractivity contribution >= 4 is 6.03 Å². The third-order valence-electron chi connectivity index (χ3n) is 8.64. The van der Waals surface area contributed by atoms with Crippen LogP contribution in [0.2, 0.25) is 0 Å². The lowest BCUT2D eigenvalue weighted by atomic mass is 9.73. The highest BCUT2D eigenvalue weighted by Crippen LogP contribution is 2.38. The number of hydrogen-bond acceptors (Lipinski definition) is 4. The smallest absolute Gasteiger partial charge is 0.315 e. The normalized spacial score (nSPS) is 24.1. The Morgan fingerprint density at radius 1 is 0.811 bits per heavy atom. The molecule has 0 aromatic rings. The molecule has 0 aromatic heterocycles. The molecule has 0 spiro atoms. The predicted octanol–water partition coefficient (Wildman–Crippen LogP) is 7.86. The number of amides is 2. The van der Waals surface area contributed by atoms with Gasteiger partial charge in [-0.25, -0.2) is 4.79 Å². The molecule has 0 heterocycles. The molecule has 0 bridgehead atoms. The summed E-state index contributed by atoms with van der Waals surface area (Å²) in [5.41, 5.74) is 2.76. The topological polar surface area (TPSA) is 65.6 Å². The van der Waals surface area contributed by atoms with E-state index >= 15 is 0 Å². The van der Waals surface area contributed by atoms with Crippen LogP contribution in [0.25, 0.3) is 0 Å². The summed E-state index contributed by atoms with van der Waals surface area (Å²) in [6.45, 7) is 10.8. The van der Waals surface area contributed by atoms with Gasteiger partial charge in [0, 0.05) is 31.9 Å². The summed E-state index contributed by atoms with van der Waals surface area (Å²) in [7, 11) is 0. The highest BCUT2D eigenvalue weighted by Gasteiger charge is 2.27. The fourth-order valence-electron chi connectivity index (χ4n) is 6.40. The number of hydrogen-bond donors (Lipinski definition) is 3. The first-order valence-corrected chi connectivity index (χ1v) is 16.0. The predicted molar refractivity (Wildman–Crippen MR) is 156 cm³/mol. The van der Waals surface area contributed by atoms with Gasteiger partial charge in [0.15, 0.2) is 0 Å². The van der Waals surface area contributed by atoms with Gasteiger partial charge in [0.1, 0.15) is 0 Å². The van der Waals surface area contributed by atoms with Crippen molar-refractivity contribution < 1.29 is 9.73 Å². The molecule has 2 fully saturated rings. The van der Waals surface area contributed by atoms with E-state index in [1.807, 2.05) is 5.06 Å². The zero-order chi connectivity index (χ0) is 26.6. The lowest BCUT2D eigenvalue weighted by Crippen LogP contribution is -2.44. The lowest BCUT2D eigenvalue weighted by molar-refractivity contribution is -0.197. The molecule has 0 saturated heterocycles.